The fourth-order valence-electron chi connectivity index (χ4n) is 1.74. The quantitative estimate of drug-likeness (QED) is 0.450. The minimum absolute atomic E-state index is 0.00458. The Morgan fingerprint density at radius 2 is 1.77 bits per heavy atom. The molecule has 0 radical (unpaired) electrons. The van der Waals surface area contributed by atoms with Gasteiger partial charge in [0.25, 0.3) is 5.69 Å². The fraction of sp³-hybridized carbons (Fsp3) is 0.429. The number of carbonyl (C=O) groups is 2. The van der Waals surface area contributed by atoms with E-state index < -0.39 is 22.1 Å². The Kier molecular flexibility index (Phi) is 6.36. The summed E-state index contributed by atoms with van der Waals surface area (Å²) >= 11 is 1.25. The second-order valence-electron chi connectivity index (χ2n) is 5.14. The number of benzene rings is 1. The zero-order chi connectivity index (χ0) is 16.9. The van der Waals surface area contributed by atoms with Crippen molar-refractivity contribution in [3.05, 3.63) is 34.4 Å². The number of nitro benzene ring substituents is 1. The molecule has 2 amide bonds. The van der Waals surface area contributed by atoms with Gasteiger partial charge < -0.3 is 11.1 Å². The van der Waals surface area contributed by atoms with E-state index in [4.69, 9.17) is 5.73 Å². The summed E-state index contributed by atoms with van der Waals surface area (Å²) in [4.78, 5) is 34.2. The lowest BCUT2D eigenvalue weighted by atomic mass is 10.0. The van der Waals surface area contributed by atoms with Crippen LogP contribution in [0, 0.1) is 16.0 Å². The summed E-state index contributed by atoms with van der Waals surface area (Å²) in [6.07, 6.45) is 0. The number of hydrogen-bond acceptors (Lipinski definition) is 5. The number of nitro groups is 1. The van der Waals surface area contributed by atoms with E-state index in [0.29, 0.717) is 0 Å². The first-order valence-corrected chi connectivity index (χ1v) is 7.61. The third-order valence-corrected chi connectivity index (χ3v) is 4.11. The second kappa shape index (κ2) is 7.79. The van der Waals surface area contributed by atoms with E-state index in [0.717, 1.165) is 4.90 Å². The molecular formula is C14H19N3O4S. The monoisotopic (exact) mass is 325 g/mol. The van der Waals surface area contributed by atoms with Crippen molar-refractivity contribution in [2.75, 3.05) is 0 Å². The van der Waals surface area contributed by atoms with Crippen LogP contribution in [-0.2, 0) is 9.59 Å². The van der Waals surface area contributed by atoms with Gasteiger partial charge in [0, 0.05) is 17.0 Å². The molecule has 1 aromatic rings. The summed E-state index contributed by atoms with van der Waals surface area (Å²) in [7, 11) is 0. The number of nitrogens with two attached hydrogens (primary N) is 1. The minimum atomic E-state index is -0.715. The van der Waals surface area contributed by atoms with Crippen molar-refractivity contribution in [1.82, 2.24) is 5.32 Å². The average Bonchev–Trinajstić information content (AvgIpc) is 2.44. The van der Waals surface area contributed by atoms with Crippen LogP contribution < -0.4 is 11.1 Å². The van der Waals surface area contributed by atoms with Crippen LogP contribution in [0.25, 0.3) is 0 Å². The predicted molar refractivity (Wildman–Crippen MR) is 84.4 cm³/mol. The Balaban J connectivity index is 2.67. The van der Waals surface area contributed by atoms with E-state index in [1.807, 2.05) is 0 Å². The van der Waals surface area contributed by atoms with E-state index in [1.54, 1.807) is 32.9 Å². The van der Waals surface area contributed by atoms with Crippen LogP contribution in [0.5, 0.6) is 0 Å². The van der Waals surface area contributed by atoms with Crippen molar-refractivity contribution >= 4 is 29.3 Å². The van der Waals surface area contributed by atoms with Crippen LogP contribution in [0.4, 0.5) is 5.69 Å². The average molecular weight is 325 g/mol. The molecule has 0 bridgehead atoms. The van der Waals surface area contributed by atoms with Gasteiger partial charge in [-0.1, -0.05) is 13.8 Å². The van der Waals surface area contributed by atoms with Gasteiger partial charge in [-0.05, 0) is 25.0 Å². The highest BCUT2D eigenvalue weighted by molar-refractivity contribution is 8.00. The molecule has 0 aliphatic rings. The molecule has 1 aromatic carbocycles. The lowest BCUT2D eigenvalue weighted by molar-refractivity contribution is -0.384. The number of carbonyl (C=O) groups excluding carboxylic acids is 2. The predicted octanol–water partition coefficient (Wildman–Crippen LogP) is 1.70. The number of nitrogens with one attached hydrogen (secondary N) is 1. The Bertz CT molecular complexity index is 560. The summed E-state index contributed by atoms with van der Waals surface area (Å²) < 4.78 is 0. The third kappa shape index (κ3) is 5.03. The standard InChI is InChI=1S/C14H19N3O4S/c1-8(2)12(13(15)18)16-14(19)9(3)22-11-6-4-10(5-7-11)17(20)21/h4-9,12H,1-3H3,(H2,15,18)(H,16,19)/t9-,12-/m0/s1. The molecule has 0 fully saturated rings. The van der Waals surface area contributed by atoms with Crippen molar-refractivity contribution in [3.63, 3.8) is 0 Å². The molecule has 0 heterocycles. The number of nitrogens with zero attached hydrogens (tertiary/aromatic N) is 1. The maximum atomic E-state index is 12.1. The van der Waals surface area contributed by atoms with E-state index in [1.165, 1.54) is 23.9 Å². The number of rotatable bonds is 7. The highest BCUT2D eigenvalue weighted by Crippen LogP contribution is 2.25. The van der Waals surface area contributed by atoms with Crippen LogP contribution >= 0.6 is 11.8 Å². The third-order valence-electron chi connectivity index (χ3n) is 3.00. The normalized spacial score (nSPS) is 13.5. The summed E-state index contributed by atoms with van der Waals surface area (Å²) in [5.74, 6) is -0.977. The van der Waals surface area contributed by atoms with Crippen molar-refractivity contribution in [2.45, 2.75) is 37.0 Å². The van der Waals surface area contributed by atoms with Crippen LogP contribution in [0.15, 0.2) is 29.2 Å². The van der Waals surface area contributed by atoms with Gasteiger partial charge in [-0.3, -0.25) is 19.7 Å². The molecule has 120 valence electrons. The SMILES string of the molecule is CC(C)[C@H](NC(=O)[C@H](C)Sc1ccc([N+](=O)[O-])cc1)C(N)=O. The molecule has 3 N–H and O–H groups in total. The second-order valence-corrected chi connectivity index (χ2v) is 6.56. The Labute approximate surface area is 132 Å². The highest BCUT2D eigenvalue weighted by Gasteiger charge is 2.24. The molecule has 7 nitrogen and oxygen atoms in total. The molecule has 0 spiro atoms. The van der Waals surface area contributed by atoms with Gasteiger partial charge in [-0.15, -0.1) is 11.8 Å². The molecule has 1 rings (SSSR count). The summed E-state index contributed by atoms with van der Waals surface area (Å²) in [5.41, 5.74) is 5.25. The number of amides is 2. The van der Waals surface area contributed by atoms with Gasteiger partial charge in [0.15, 0.2) is 0 Å². The Morgan fingerprint density at radius 1 is 1.23 bits per heavy atom. The lowest BCUT2D eigenvalue weighted by Gasteiger charge is -2.21. The first-order chi connectivity index (χ1) is 10.2. The van der Waals surface area contributed by atoms with Gasteiger partial charge in [-0.25, -0.2) is 0 Å². The Hall–Kier alpha value is -2.09. The van der Waals surface area contributed by atoms with Crippen LogP contribution in [0.1, 0.15) is 20.8 Å². The van der Waals surface area contributed by atoms with Gasteiger partial charge in [0.2, 0.25) is 11.8 Å². The number of hydrogen-bond donors (Lipinski definition) is 2. The summed E-state index contributed by atoms with van der Waals surface area (Å²) in [6.45, 7) is 5.29. The maximum absolute atomic E-state index is 12.1. The molecule has 8 heteroatoms. The molecule has 0 saturated heterocycles. The number of non-ortho nitro benzene ring substituents is 1. The van der Waals surface area contributed by atoms with Crippen LogP contribution in [-0.4, -0.2) is 28.0 Å². The van der Waals surface area contributed by atoms with Crippen LogP contribution in [0.3, 0.4) is 0 Å². The van der Waals surface area contributed by atoms with Crippen molar-refractivity contribution in [1.29, 1.82) is 0 Å². The molecule has 0 saturated carbocycles. The van der Waals surface area contributed by atoms with Crippen molar-refractivity contribution in [3.8, 4) is 0 Å². The number of thioether (sulfide) groups is 1. The summed E-state index contributed by atoms with van der Waals surface area (Å²) in [6, 6.07) is 5.22. The van der Waals surface area contributed by atoms with Gasteiger partial charge in [-0.2, -0.15) is 0 Å². The molecule has 22 heavy (non-hydrogen) atoms. The fourth-order valence-corrected chi connectivity index (χ4v) is 2.62. The first-order valence-electron chi connectivity index (χ1n) is 6.73. The van der Waals surface area contributed by atoms with Crippen LogP contribution in [0.2, 0.25) is 0 Å². The molecular weight excluding hydrogens is 306 g/mol. The molecule has 0 aliphatic heterocycles. The highest BCUT2D eigenvalue weighted by atomic mass is 32.2. The topological polar surface area (TPSA) is 115 Å². The Morgan fingerprint density at radius 3 is 2.18 bits per heavy atom. The first kappa shape index (κ1) is 18.0. The minimum Gasteiger partial charge on any atom is -0.368 e. The van der Waals surface area contributed by atoms with E-state index >= 15 is 0 Å². The van der Waals surface area contributed by atoms with E-state index in [9.17, 15) is 19.7 Å². The zero-order valence-electron chi connectivity index (χ0n) is 12.6. The van der Waals surface area contributed by atoms with Gasteiger partial charge >= 0.3 is 0 Å². The maximum Gasteiger partial charge on any atom is 0.269 e. The van der Waals surface area contributed by atoms with Gasteiger partial charge in [0.05, 0.1) is 10.2 Å². The molecule has 0 aliphatic carbocycles. The van der Waals surface area contributed by atoms with Gasteiger partial charge in [0.1, 0.15) is 6.04 Å². The van der Waals surface area contributed by atoms with Crippen molar-refractivity contribution in [2.24, 2.45) is 11.7 Å². The molecule has 0 unspecified atom stereocenters. The van der Waals surface area contributed by atoms with E-state index in [-0.39, 0.29) is 17.5 Å². The molecule has 2 atom stereocenters. The summed E-state index contributed by atoms with van der Waals surface area (Å²) in [5, 5.41) is 12.7. The molecule has 0 aromatic heterocycles. The zero-order valence-corrected chi connectivity index (χ0v) is 13.4. The smallest absolute Gasteiger partial charge is 0.269 e. The lowest BCUT2D eigenvalue weighted by Crippen LogP contribution is -2.49. The number of primary amides is 1. The van der Waals surface area contributed by atoms with Crippen molar-refractivity contribution < 1.29 is 14.5 Å². The van der Waals surface area contributed by atoms with E-state index in [2.05, 4.69) is 5.32 Å². The largest absolute Gasteiger partial charge is 0.368 e.